The standard InChI is InChI=1S/C8H17FO2/c1-7(2)11-5-3-4-8(9)6-10/h7-8,10H,3-6H2,1-2H3. The molecule has 0 bridgehead atoms. The van der Waals surface area contributed by atoms with Crippen LogP contribution in [0.15, 0.2) is 0 Å². The van der Waals surface area contributed by atoms with Gasteiger partial charge in [0.05, 0.1) is 12.7 Å². The van der Waals surface area contributed by atoms with Crippen LogP contribution in [0.3, 0.4) is 0 Å². The Balaban J connectivity index is 3.01. The van der Waals surface area contributed by atoms with Crippen LogP contribution in [0.25, 0.3) is 0 Å². The van der Waals surface area contributed by atoms with Crippen molar-refractivity contribution < 1.29 is 14.2 Å². The highest BCUT2D eigenvalue weighted by Crippen LogP contribution is 2.01. The van der Waals surface area contributed by atoms with Gasteiger partial charge in [0.1, 0.15) is 6.17 Å². The highest BCUT2D eigenvalue weighted by molar-refractivity contribution is 4.52. The summed E-state index contributed by atoms with van der Waals surface area (Å²) in [5.41, 5.74) is 0. The summed E-state index contributed by atoms with van der Waals surface area (Å²) in [6.07, 6.45) is 0.205. The van der Waals surface area contributed by atoms with Crippen molar-refractivity contribution in [2.24, 2.45) is 0 Å². The predicted octanol–water partition coefficient (Wildman–Crippen LogP) is 1.52. The normalized spacial score (nSPS) is 13.9. The number of aliphatic hydroxyl groups excluding tert-OH is 1. The Hall–Kier alpha value is -0.150. The molecule has 0 radical (unpaired) electrons. The summed E-state index contributed by atoms with van der Waals surface area (Å²) >= 11 is 0. The molecule has 0 aliphatic rings. The lowest BCUT2D eigenvalue weighted by Crippen LogP contribution is -2.09. The fourth-order valence-corrected chi connectivity index (χ4v) is 0.715. The summed E-state index contributed by atoms with van der Waals surface area (Å²) in [7, 11) is 0. The van der Waals surface area contributed by atoms with Gasteiger partial charge in [-0.2, -0.15) is 0 Å². The molecule has 0 aromatic carbocycles. The molecule has 0 fully saturated rings. The lowest BCUT2D eigenvalue weighted by atomic mass is 10.2. The van der Waals surface area contributed by atoms with Crippen molar-refractivity contribution in [2.45, 2.75) is 39.0 Å². The molecule has 0 aliphatic heterocycles. The maximum atomic E-state index is 12.4. The molecule has 1 atom stereocenters. The zero-order valence-electron chi connectivity index (χ0n) is 7.22. The number of rotatable bonds is 6. The Bertz CT molecular complexity index is 86.2. The van der Waals surface area contributed by atoms with Crippen LogP contribution >= 0.6 is 0 Å². The van der Waals surface area contributed by atoms with Gasteiger partial charge in [-0.25, -0.2) is 4.39 Å². The summed E-state index contributed by atoms with van der Waals surface area (Å²) in [6, 6.07) is 0. The van der Waals surface area contributed by atoms with E-state index in [0.717, 1.165) is 0 Å². The van der Waals surface area contributed by atoms with Crippen LogP contribution in [0.5, 0.6) is 0 Å². The molecule has 0 spiro atoms. The lowest BCUT2D eigenvalue weighted by Gasteiger charge is -2.07. The van der Waals surface area contributed by atoms with E-state index in [4.69, 9.17) is 9.84 Å². The first-order valence-electron chi connectivity index (χ1n) is 4.03. The molecule has 2 nitrogen and oxygen atoms in total. The Morgan fingerprint density at radius 3 is 2.55 bits per heavy atom. The van der Waals surface area contributed by atoms with E-state index < -0.39 is 6.17 Å². The van der Waals surface area contributed by atoms with Crippen molar-refractivity contribution in [3.63, 3.8) is 0 Å². The number of hydrogen-bond acceptors (Lipinski definition) is 2. The maximum absolute atomic E-state index is 12.4. The van der Waals surface area contributed by atoms with Gasteiger partial charge in [-0.3, -0.25) is 0 Å². The number of hydrogen-bond donors (Lipinski definition) is 1. The monoisotopic (exact) mass is 164 g/mol. The van der Waals surface area contributed by atoms with E-state index >= 15 is 0 Å². The number of ether oxygens (including phenoxy) is 1. The summed E-state index contributed by atoms with van der Waals surface area (Å²) < 4.78 is 17.5. The van der Waals surface area contributed by atoms with E-state index in [2.05, 4.69) is 0 Å². The zero-order chi connectivity index (χ0) is 8.69. The van der Waals surface area contributed by atoms with Crippen LogP contribution in [-0.4, -0.2) is 30.6 Å². The molecule has 0 aromatic heterocycles. The van der Waals surface area contributed by atoms with Crippen LogP contribution < -0.4 is 0 Å². The van der Waals surface area contributed by atoms with Gasteiger partial charge in [-0.1, -0.05) is 0 Å². The molecule has 0 rings (SSSR count). The lowest BCUT2D eigenvalue weighted by molar-refractivity contribution is 0.0682. The summed E-state index contributed by atoms with van der Waals surface area (Å²) in [5.74, 6) is 0. The largest absolute Gasteiger partial charge is 0.393 e. The topological polar surface area (TPSA) is 29.5 Å². The second-order valence-electron chi connectivity index (χ2n) is 2.84. The van der Waals surface area contributed by atoms with Crippen molar-refractivity contribution in [1.82, 2.24) is 0 Å². The van der Waals surface area contributed by atoms with E-state index in [1.807, 2.05) is 13.8 Å². The molecule has 0 amide bonds. The van der Waals surface area contributed by atoms with Crippen molar-refractivity contribution in [3.05, 3.63) is 0 Å². The van der Waals surface area contributed by atoms with Gasteiger partial charge in [-0.05, 0) is 26.7 Å². The minimum absolute atomic E-state index is 0.210. The van der Waals surface area contributed by atoms with E-state index in [-0.39, 0.29) is 12.7 Å². The van der Waals surface area contributed by atoms with Gasteiger partial charge < -0.3 is 9.84 Å². The molecule has 0 saturated heterocycles. The summed E-state index contributed by atoms with van der Waals surface area (Å²) in [6.45, 7) is 4.09. The van der Waals surface area contributed by atoms with Crippen molar-refractivity contribution in [3.8, 4) is 0 Å². The Morgan fingerprint density at radius 2 is 2.09 bits per heavy atom. The van der Waals surface area contributed by atoms with E-state index in [1.54, 1.807) is 0 Å². The second kappa shape index (κ2) is 6.55. The first-order chi connectivity index (χ1) is 5.16. The summed E-state index contributed by atoms with van der Waals surface area (Å²) in [5, 5.41) is 8.33. The number of halogens is 1. The van der Waals surface area contributed by atoms with Crippen LogP contribution in [-0.2, 0) is 4.74 Å². The van der Waals surface area contributed by atoms with E-state index in [0.29, 0.717) is 19.4 Å². The van der Waals surface area contributed by atoms with Crippen molar-refractivity contribution >= 4 is 0 Å². The molecule has 0 aliphatic carbocycles. The molecular weight excluding hydrogens is 147 g/mol. The minimum Gasteiger partial charge on any atom is -0.393 e. The van der Waals surface area contributed by atoms with Crippen molar-refractivity contribution in [2.75, 3.05) is 13.2 Å². The maximum Gasteiger partial charge on any atom is 0.123 e. The highest BCUT2D eigenvalue weighted by Gasteiger charge is 2.03. The molecule has 68 valence electrons. The average Bonchev–Trinajstić information content (AvgIpc) is 1.97. The van der Waals surface area contributed by atoms with Gasteiger partial charge in [0, 0.05) is 6.61 Å². The zero-order valence-corrected chi connectivity index (χ0v) is 7.22. The second-order valence-corrected chi connectivity index (χ2v) is 2.84. The molecule has 0 aromatic rings. The van der Waals surface area contributed by atoms with Gasteiger partial charge >= 0.3 is 0 Å². The van der Waals surface area contributed by atoms with Gasteiger partial charge in [0.15, 0.2) is 0 Å². The molecule has 1 unspecified atom stereocenters. The third kappa shape index (κ3) is 7.75. The van der Waals surface area contributed by atoms with Crippen LogP contribution in [0.1, 0.15) is 26.7 Å². The Kier molecular flexibility index (Phi) is 6.46. The van der Waals surface area contributed by atoms with Crippen LogP contribution in [0.2, 0.25) is 0 Å². The first-order valence-corrected chi connectivity index (χ1v) is 4.03. The van der Waals surface area contributed by atoms with Crippen LogP contribution in [0.4, 0.5) is 4.39 Å². The predicted molar refractivity (Wildman–Crippen MR) is 42.3 cm³/mol. The molecule has 1 N–H and O–H groups in total. The van der Waals surface area contributed by atoms with Crippen LogP contribution in [0, 0.1) is 0 Å². The highest BCUT2D eigenvalue weighted by atomic mass is 19.1. The quantitative estimate of drug-likeness (QED) is 0.603. The smallest absolute Gasteiger partial charge is 0.123 e. The first kappa shape index (κ1) is 10.8. The molecular formula is C8H17FO2. The Labute approximate surface area is 67.4 Å². The molecule has 0 heterocycles. The average molecular weight is 164 g/mol. The minimum atomic E-state index is -1.08. The van der Waals surface area contributed by atoms with Gasteiger partial charge in [0.25, 0.3) is 0 Å². The molecule has 3 heteroatoms. The van der Waals surface area contributed by atoms with Gasteiger partial charge in [0.2, 0.25) is 0 Å². The number of aliphatic hydroxyl groups is 1. The summed E-state index contributed by atoms with van der Waals surface area (Å²) in [4.78, 5) is 0. The molecule has 0 saturated carbocycles. The van der Waals surface area contributed by atoms with E-state index in [1.165, 1.54) is 0 Å². The van der Waals surface area contributed by atoms with Gasteiger partial charge in [-0.15, -0.1) is 0 Å². The third-order valence-electron chi connectivity index (χ3n) is 1.31. The van der Waals surface area contributed by atoms with E-state index in [9.17, 15) is 4.39 Å². The molecule has 11 heavy (non-hydrogen) atoms. The Morgan fingerprint density at radius 1 is 1.45 bits per heavy atom. The number of alkyl halides is 1. The fraction of sp³-hybridized carbons (Fsp3) is 1.00. The van der Waals surface area contributed by atoms with Crippen molar-refractivity contribution in [1.29, 1.82) is 0 Å². The fourth-order valence-electron chi connectivity index (χ4n) is 0.715. The third-order valence-corrected chi connectivity index (χ3v) is 1.31. The SMILES string of the molecule is CC(C)OCCCC(F)CO.